The molecule has 0 atom stereocenters. The molecule has 86 heavy (non-hydrogen) atoms. The topological polar surface area (TPSA) is 46.0 Å². The lowest BCUT2D eigenvalue weighted by Crippen LogP contribution is -1.98. The minimum atomic E-state index is 0.847. The monoisotopic (exact) mass is 1090 g/mol. The fourth-order valence-electron chi connectivity index (χ4n) is 14.9. The molecule has 398 valence electrons. The molecular formula is C80H46N4O2. The maximum Gasteiger partial charge on any atom is 0.137 e. The summed E-state index contributed by atoms with van der Waals surface area (Å²) < 4.78 is 23.4. The zero-order chi connectivity index (χ0) is 55.9. The van der Waals surface area contributed by atoms with Gasteiger partial charge in [0.25, 0.3) is 0 Å². The predicted molar refractivity (Wildman–Crippen MR) is 359 cm³/mol. The number of rotatable bonds is 5. The molecule has 0 N–H and O–H groups in total. The highest BCUT2D eigenvalue weighted by molar-refractivity contribution is 6.29. The molecule has 0 aliphatic heterocycles. The van der Waals surface area contributed by atoms with Gasteiger partial charge in [-0.25, -0.2) is 0 Å². The zero-order valence-electron chi connectivity index (χ0n) is 46.2. The summed E-state index contributed by atoms with van der Waals surface area (Å²) >= 11 is 0. The first-order valence-electron chi connectivity index (χ1n) is 29.5. The molecule has 14 aromatic carbocycles. The third-order valence-electron chi connectivity index (χ3n) is 18.7. The van der Waals surface area contributed by atoms with E-state index in [1.54, 1.807) is 0 Å². The Hall–Kier alpha value is -11.6. The van der Waals surface area contributed by atoms with Crippen molar-refractivity contribution < 1.29 is 8.83 Å². The second-order valence-electron chi connectivity index (χ2n) is 23.2. The van der Waals surface area contributed by atoms with Gasteiger partial charge < -0.3 is 27.1 Å². The van der Waals surface area contributed by atoms with Crippen molar-refractivity contribution in [2.24, 2.45) is 0 Å². The van der Waals surface area contributed by atoms with Crippen molar-refractivity contribution in [3.8, 4) is 33.9 Å². The van der Waals surface area contributed by atoms with E-state index < -0.39 is 0 Å². The Morgan fingerprint density at radius 1 is 0.198 bits per heavy atom. The molecule has 20 aromatic rings. The van der Waals surface area contributed by atoms with Crippen LogP contribution in [-0.2, 0) is 0 Å². The highest BCUT2D eigenvalue weighted by atomic mass is 16.3. The van der Waals surface area contributed by atoms with Gasteiger partial charge >= 0.3 is 0 Å². The van der Waals surface area contributed by atoms with Crippen molar-refractivity contribution in [1.29, 1.82) is 0 Å². The predicted octanol–water partition coefficient (Wildman–Crippen LogP) is 21.8. The molecule has 0 bridgehead atoms. The molecule has 0 saturated carbocycles. The second-order valence-corrected chi connectivity index (χ2v) is 23.2. The SMILES string of the molecule is c1ccc(-n2c3ccccc3c3cc4c(cc32)c2cc3ccccc3cc2n4-c2ccc3c(c2)oc2cc(-c4ccc5ccc6c(c5c4)c4ccc5c7ccccc7n(-c7ccccc7)c5c4n6-c4ccc5c(c4)oc4ccccc45)ccc23)cc1. The van der Waals surface area contributed by atoms with Gasteiger partial charge in [0.15, 0.2) is 0 Å². The molecule has 0 aliphatic rings. The van der Waals surface area contributed by atoms with Crippen LogP contribution < -0.4 is 0 Å². The Balaban J connectivity index is 0.780. The molecule has 0 radical (unpaired) electrons. The third-order valence-corrected chi connectivity index (χ3v) is 18.7. The molecule has 0 fully saturated rings. The molecular weight excluding hydrogens is 1050 g/mol. The van der Waals surface area contributed by atoms with E-state index in [0.717, 1.165) is 105 Å². The van der Waals surface area contributed by atoms with Crippen molar-refractivity contribution >= 4 is 153 Å². The number of nitrogens with zero attached hydrogens (tertiary/aromatic N) is 4. The number of hydrogen-bond acceptors (Lipinski definition) is 2. The second kappa shape index (κ2) is 17.0. The standard InChI is InChI=1S/C80H46N4O2/c1-3-17-52(18-4-1)81-68-24-12-10-22-57(68)66-45-73-67(46-72(66)81)65-40-48-15-7-8-16-49(48)41-71(65)82(73)54-31-34-61-59-33-29-51(42-75(59)86-77(61)43-54)50-28-27-47-30-38-70-78(64(47)39-50)63-37-36-62-56-21-9-13-25-69(56)83(53-19-5-2-6-20-53)79(62)80(63)84(70)55-32-35-60-58-23-11-14-26-74(58)85-76(60)44-55/h1-46H. The van der Waals surface area contributed by atoms with E-state index in [9.17, 15) is 0 Å². The van der Waals surface area contributed by atoms with E-state index in [2.05, 4.69) is 291 Å². The number of benzene rings is 14. The van der Waals surface area contributed by atoms with Gasteiger partial charge in [0.1, 0.15) is 22.3 Å². The van der Waals surface area contributed by atoms with Crippen molar-refractivity contribution in [2.75, 3.05) is 0 Å². The maximum absolute atomic E-state index is 7.03. The normalized spacial score (nSPS) is 12.4. The summed E-state index contributed by atoms with van der Waals surface area (Å²) in [5.41, 5.74) is 19.3. The summed E-state index contributed by atoms with van der Waals surface area (Å²) in [6.07, 6.45) is 0. The van der Waals surface area contributed by atoms with Crippen LogP contribution in [0.2, 0.25) is 0 Å². The van der Waals surface area contributed by atoms with Gasteiger partial charge in [-0.05, 0) is 148 Å². The zero-order valence-corrected chi connectivity index (χ0v) is 46.2. The summed E-state index contributed by atoms with van der Waals surface area (Å²) in [6, 6.07) is 102. The Morgan fingerprint density at radius 2 is 0.651 bits per heavy atom. The van der Waals surface area contributed by atoms with Crippen LogP contribution in [-0.4, -0.2) is 18.3 Å². The minimum Gasteiger partial charge on any atom is -0.456 e. The molecule has 0 spiro atoms. The van der Waals surface area contributed by atoms with Crippen molar-refractivity contribution in [1.82, 2.24) is 18.3 Å². The van der Waals surface area contributed by atoms with Crippen LogP contribution in [0.25, 0.3) is 187 Å². The van der Waals surface area contributed by atoms with Crippen molar-refractivity contribution in [3.05, 3.63) is 279 Å². The molecule has 6 aromatic heterocycles. The number of para-hydroxylation sites is 5. The van der Waals surface area contributed by atoms with Gasteiger partial charge in [-0.15, -0.1) is 0 Å². The molecule has 0 amide bonds. The summed E-state index contributed by atoms with van der Waals surface area (Å²) in [6.45, 7) is 0. The van der Waals surface area contributed by atoms with Gasteiger partial charge in [0.2, 0.25) is 0 Å². The Labute approximate surface area is 490 Å². The van der Waals surface area contributed by atoms with E-state index in [1.807, 2.05) is 6.07 Å². The van der Waals surface area contributed by atoms with Crippen LogP contribution in [0.5, 0.6) is 0 Å². The van der Waals surface area contributed by atoms with Gasteiger partial charge in [-0.1, -0.05) is 152 Å². The number of hydrogen-bond donors (Lipinski definition) is 0. The number of fused-ring (bicyclic) bond motifs is 22. The Morgan fingerprint density at radius 3 is 1.40 bits per heavy atom. The quantitative estimate of drug-likeness (QED) is 0.172. The summed E-state index contributed by atoms with van der Waals surface area (Å²) in [5.74, 6) is 0. The number of aromatic nitrogens is 4. The largest absolute Gasteiger partial charge is 0.456 e. The van der Waals surface area contributed by atoms with Gasteiger partial charge in [0, 0.05) is 93.8 Å². The lowest BCUT2D eigenvalue weighted by molar-refractivity contribution is 0.668. The first-order chi connectivity index (χ1) is 42.6. The van der Waals surface area contributed by atoms with Crippen molar-refractivity contribution in [2.45, 2.75) is 0 Å². The fourth-order valence-corrected chi connectivity index (χ4v) is 14.9. The summed E-state index contributed by atoms with van der Waals surface area (Å²) in [5, 5.41) is 18.8. The van der Waals surface area contributed by atoms with Gasteiger partial charge in [0.05, 0.1) is 49.8 Å². The highest BCUT2D eigenvalue weighted by Crippen LogP contribution is 2.47. The van der Waals surface area contributed by atoms with E-state index in [1.165, 1.54) is 81.2 Å². The van der Waals surface area contributed by atoms with Crippen LogP contribution in [0.4, 0.5) is 0 Å². The summed E-state index contributed by atoms with van der Waals surface area (Å²) in [7, 11) is 0. The maximum atomic E-state index is 7.03. The Kier molecular flexibility index (Phi) is 9.09. The molecule has 0 aliphatic carbocycles. The molecule has 6 nitrogen and oxygen atoms in total. The third kappa shape index (κ3) is 6.28. The van der Waals surface area contributed by atoms with Crippen LogP contribution >= 0.6 is 0 Å². The lowest BCUT2D eigenvalue weighted by atomic mass is 9.97. The smallest absolute Gasteiger partial charge is 0.137 e. The molecule has 0 saturated heterocycles. The van der Waals surface area contributed by atoms with Crippen LogP contribution in [0.3, 0.4) is 0 Å². The van der Waals surface area contributed by atoms with Gasteiger partial charge in [-0.3, -0.25) is 0 Å². The fraction of sp³-hybridized carbons (Fsp3) is 0. The van der Waals surface area contributed by atoms with E-state index in [0.29, 0.717) is 0 Å². The molecule has 20 rings (SSSR count). The summed E-state index contributed by atoms with van der Waals surface area (Å²) in [4.78, 5) is 0. The lowest BCUT2D eigenvalue weighted by Gasteiger charge is -2.12. The van der Waals surface area contributed by atoms with Crippen LogP contribution in [0.1, 0.15) is 0 Å². The van der Waals surface area contributed by atoms with Crippen LogP contribution in [0, 0.1) is 0 Å². The first kappa shape index (κ1) is 45.9. The van der Waals surface area contributed by atoms with E-state index >= 15 is 0 Å². The molecule has 0 unspecified atom stereocenters. The van der Waals surface area contributed by atoms with Crippen molar-refractivity contribution in [3.63, 3.8) is 0 Å². The van der Waals surface area contributed by atoms with Crippen LogP contribution in [0.15, 0.2) is 288 Å². The number of furan rings is 2. The van der Waals surface area contributed by atoms with E-state index in [-0.39, 0.29) is 0 Å². The van der Waals surface area contributed by atoms with Gasteiger partial charge in [-0.2, -0.15) is 0 Å². The average Bonchev–Trinajstić information content (AvgIpc) is 1.87. The Bertz CT molecular complexity index is 6320. The first-order valence-corrected chi connectivity index (χ1v) is 29.5. The highest BCUT2D eigenvalue weighted by Gasteiger charge is 2.25. The minimum absolute atomic E-state index is 0.847. The molecule has 6 heteroatoms. The molecule has 6 heterocycles. The van der Waals surface area contributed by atoms with E-state index in [4.69, 9.17) is 8.83 Å². The average molecular weight is 1100 g/mol.